The first-order chi connectivity index (χ1) is 7.24. The van der Waals surface area contributed by atoms with E-state index in [9.17, 15) is 4.79 Å². The molecule has 0 bridgehead atoms. The van der Waals surface area contributed by atoms with Gasteiger partial charge >= 0.3 is 0 Å². The highest BCUT2D eigenvalue weighted by atomic mass is 16.2. The highest BCUT2D eigenvalue weighted by Gasteiger charge is 2.08. The third-order valence-electron chi connectivity index (χ3n) is 2.16. The molecule has 84 valence electrons. The van der Waals surface area contributed by atoms with E-state index in [0.29, 0.717) is 6.54 Å². The molecule has 6 heteroatoms. The van der Waals surface area contributed by atoms with Crippen molar-refractivity contribution in [1.82, 2.24) is 25.6 Å². The van der Waals surface area contributed by atoms with Gasteiger partial charge in [-0.3, -0.25) is 9.48 Å². The lowest BCUT2D eigenvalue weighted by Gasteiger charge is -2.10. The molecule has 0 aliphatic rings. The summed E-state index contributed by atoms with van der Waals surface area (Å²) >= 11 is 0. The largest absolute Gasteiger partial charge is 0.355 e. The second kappa shape index (κ2) is 6.13. The number of carbonyl (C=O) groups excluding carboxylic acids is 1. The van der Waals surface area contributed by atoms with Crippen LogP contribution in [0.4, 0.5) is 0 Å². The molecule has 0 fully saturated rings. The first-order valence-corrected chi connectivity index (χ1v) is 5.03. The van der Waals surface area contributed by atoms with Gasteiger partial charge in [0, 0.05) is 19.3 Å². The molecular weight excluding hydrogens is 194 g/mol. The number of aryl methyl sites for hydroxylation is 1. The van der Waals surface area contributed by atoms with Gasteiger partial charge in [-0.25, -0.2) is 0 Å². The summed E-state index contributed by atoms with van der Waals surface area (Å²) in [6.07, 6.45) is 4.30. The second-order valence-corrected chi connectivity index (χ2v) is 3.32. The Kier molecular flexibility index (Phi) is 4.76. The van der Waals surface area contributed by atoms with Gasteiger partial charge in [0.25, 0.3) is 0 Å². The molecule has 1 aromatic rings. The summed E-state index contributed by atoms with van der Waals surface area (Å²) in [5.74, 6) is 0.0242. The molecule has 1 unspecified atom stereocenters. The van der Waals surface area contributed by atoms with Gasteiger partial charge in [0.1, 0.15) is 0 Å². The molecule has 1 amide bonds. The number of amides is 1. The average molecular weight is 211 g/mol. The first kappa shape index (κ1) is 11.6. The van der Waals surface area contributed by atoms with Crippen LogP contribution in [0, 0.1) is 0 Å². The molecule has 0 aliphatic heterocycles. The quantitative estimate of drug-likeness (QED) is 0.616. The minimum Gasteiger partial charge on any atom is -0.355 e. The standard InChI is InChI=1S/C9H17N5O/c1-8(10-2)9(15)11-4-3-6-14-7-5-12-13-14/h5,7-8,10H,3-4,6H2,1-2H3,(H,11,15). The molecule has 0 spiro atoms. The van der Waals surface area contributed by atoms with Crippen LogP contribution in [0.5, 0.6) is 0 Å². The summed E-state index contributed by atoms with van der Waals surface area (Å²) in [5.41, 5.74) is 0. The van der Waals surface area contributed by atoms with Crippen molar-refractivity contribution in [2.45, 2.75) is 25.9 Å². The van der Waals surface area contributed by atoms with Crippen LogP contribution < -0.4 is 10.6 Å². The van der Waals surface area contributed by atoms with Crippen LogP contribution in [0.1, 0.15) is 13.3 Å². The zero-order valence-electron chi connectivity index (χ0n) is 9.10. The molecule has 1 rings (SSSR count). The van der Waals surface area contributed by atoms with Crippen molar-refractivity contribution >= 4 is 5.91 Å². The molecule has 1 heterocycles. The van der Waals surface area contributed by atoms with E-state index >= 15 is 0 Å². The van der Waals surface area contributed by atoms with Crippen LogP contribution in [-0.4, -0.2) is 40.5 Å². The summed E-state index contributed by atoms with van der Waals surface area (Å²) in [5, 5.41) is 13.2. The fraction of sp³-hybridized carbons (Fsp3) is 0.667. The molecule has 6 nitrogen and oxygen atoms in total. The molecule has 1 atom stereocenters. The maximum absolute atomic E-state index is 11.3. The van der Waals surface area contributed by atoms with E-state index in [2.05, 4.69) is 20.9 Å². The summed E-state index contributed by atoms with van der Waals surface area (Å²) < 4.78 is 1.74. The van der Waals surface area contributed by atoms with Crippen LogP contribution in [0.25, 0.3) is 0 Å². The molecule has 0 aliphatic carbocycles. The van der Waals surface area contributed by atoms with Crippen molar-refractivity contribution in [1.29, 1.82) is 0 Å². The lowest BCUT2D eigenvalue weighted by atomic mass is 10.3. The fourth-order valence-electron chi connectivity index (χ4n) is 1.09. The highest BCUT2D eigenvalue weighted by molar-refractivity contribution is 5.81. The summed E-state index contributed by atoms with van der Waals surface area (Å²) in [7, 11) is 1.76. The van der Waals surface area contributed by atoms with Crippen molar-refractivity contribution < 1.29 is 4.79 Å². The Hall–Kier alpha value is -1.43. The first-order valence-electron chi connectivity index (χ1n) is 5.03. The minimum absolute atomic E-state index is 0.0242. The van der Waals surface area contributed by atoms with Crippen LogP contribution in [0.2, 0.25) is 0 Å². The number of likely N-dealkylation sites (N-methyl/N-ethyl adjacent to an activating group) is 1. The summed E-state index contributed by atoms with van der Waals surface area (Å²) in [4.78, 5) is 11.3. The minimum atomic E-state index is -0.142. The van der Waals surface area contributed by atoms with E-state index in [-0.39, 0.29) is 11.9 Å². The van der Waals surface area contributed by atoms with Crippen molar-refractivity contribution in [3.63, 3.8) is 0 Å². The number of hydrogen-bond donors (Lipinski definition) is 2. The Labute approximate surface area is 89.0 Å². The van der Waals surface area contributed by atoms with E-state index in [1.807, 2.05) is 6.92 Å². The molecule has 2 N–H and O–H groups in total. The van der Waals surface area contributed by atoms with E-state index in [0.717, 1.165) is 13.0 Å². The molecular formula is C9H17N5O. The fourth-order valence-corrected chi connectivity index (χ4v) is 1.09. The normalized spacial score (nSPS) is 12.4. The Morgan fingerprint density at radius 1 is 1.60 bits per heavy atom. The lowest BCUT2D eigenvalue weighted by molar-refractivity contribution is -0.122. The maximum Gasteiger partial charge on any atom is 0.236 e. The molecule has 0 aromatic carbocycles. The van der Waals surface area contributed by atoms with Crippen LogP contribution >= 0.6 is 0 Å². The van der Waals surface area contributed by atoms with E-state index < -0.39 is 0 Å². The molecule has 15 heavy (non-hydrogen) atoms. The monoisotopic (exact) mass is 211 g/mol. The Bertz CT molecular complexity index is 285. The van der Waals surface area contributed by atoms with Crippen LogP contribution in [-0.2, 0) is 11.3 Å². The van der Waals surface area contributed by atoms with E-state index in [1.165, 1.54) is 0 Å². The SMILES string of the molecule is CNC(C)C(=O)NCCCn1ccnn1. The van der Waals surface area contributed by atoms with Gasteiger partial charge in [0.2, 0.25) is 5.91 Å². The van der Waals surface area contributed by atoms with Crippen LogP contribution in [0.3, 0.4) is 0 Å². The third-order valence-corrected chi connectivity index (χ3v) is 2.16. The third kappa shape index (κ3) is 4.07. The van der Waals surface area contributed by atoms with Crippen molar-refractivity contribution in [3.05, 3.63) is 12.4 Å². The molecule has 0 saturated carbocycles. The predicted octanol–water partition coefficient (Wildman–Crippen LogP) is -0.608. The lowest BCUT2D eigenvalue weighted by Crippen LogP contribution is -2.40. The smallest absolute Gasteiger partial charge is 0.236 e. The average Bonchev–Trinajstić information content (AvgIpc) is 2.75. The summed E-state index contributed by atoms with van der Waals surface area (Å²) in [6, 6.07) is -0.142. The van der Waals surface area contributed by atoms with Gasteiger partial charge in [-0.15, -0.1) is 5.10 Å². The number of hydrogen-bond acceptors (Lipinski definition) is 4. The van der Waals surface area contributed by atoms with Crippen LogP contribution in [0.15, 0.2) is 12.4 Å². The number of nitrogens with one attached hydrogen (secondary N) is 2. The number of rotatable bonds is 6. The molecule has 0 radical (unpaired) electrons. The number of carbonyl (C=O) groups is 1. The number of aromatic nitrogens is 3. The topological polar surface area (TPSA) is 71.8 Å². The zero-order chi connectivity index (χ0) is 11.1. The van der Waals surface area contributed by atoms with Gasteiger partial charge in [-0.1, -0.05) is 5.21 Å². The molecule has 0 saturated heterocycles. The summed E-state index contributed by atoms with van der Waals surface area (Å²) in [6.45, 7) is 3.26. The predicted molar refractivity (Wildman–Crippen MR) is 56.2 cm³/mol. The Morgan fingerprint density at radius 3 is 3.00 bits per heavy atom. The van der Waals surface area contributed by atoms with Crippen molar-refractivity contribution in [3.8, 4) is 0 Å². The second-order valence-electron chi connectivity index (χ2n) is 3.32. The van der Waals surface area contributed by atoms with Gasteiger partial charge < -0.3 is 10.6 Å². The van der Waals surface area contributed by atoms with Gasteiger partial charge in [0.05, 0.1) is 12.2 Å². The number of nitrogens with zero attached hydrogens (tertiary/aromatic N) is 3. The van der Waals surface area contributed by atoms with Gasteiger partial charge in [0.15, 0.2) is 0 Å². The van der Waals surface area contributed by atoms with Gasteiger partial charge in [-0.05, 0) is 20.4 Å². The Morgan fingerprint density at radius 2 is 2.40 bits per heavy atom. The van der Waals surface area contributed by atoms with E-state index in [1.54, 1.807) is 24.1 Å². The van der Waals surface area contributed by atoms with Gasteiger partial charge in [-0.2, -0.15) is 0 Å². The zero-order valence-corrected chi connectivity index (χ0v) is 9.10. The maximum atomic E-state index is 11.3. The van der Waals surface area contributed by atoms with E-state index in [4.69, 9.17) is 0 Å². The van der Waals surface area contributed by atoms with Crippen molar-refractivity contribution in [2.24, 2.45) is 0 Å². The Balaban J connectivity index is 2.09. The highest BCUT2D eigenvalue weighted by Crippen LogP contribution is 1.86. The molecule has 1 aromatic heterocycles. The van der Waals surface area contributed by atoms with Crippen molar-refractivity contribution in [2.75, 3.05) is 13.6 Å².